The Kier molecular flexibility index (Phi) is 4.73. The summed E-state index contributed by atoms with van der Waals surface area (Å²) in [5, 5.41) is 0. The average molecular weight is 297 g/mol. The van der Waals surface area contributed by atoms with Gasteiger partial charge in [-0.3, -0.25) is 4.79 Å². The number of likely N-dealkylation sites (N-methyl/N-ethyl adjacent to an activating group) is 1. The summed E-state index contributed by atoms with van der Waals surface area (Å²) in [6, 6.07) is 0.331. The third-order valence-corrected chi connectivity index (χ3v) is 3.01. The van der Waals surface area contributed by atoms with Gasteiger partial charge >= 0.3 is 12.0 Å². The number of aromatic nitrogens is 3. The summed E-state index contributed by atoms with van der Waals surface area (Å²) < 4.78 is 15.6. The van der Waals surface area contributed by atoms with Crippen LogP contribution >= 0.6 is 0 Å². The summed E-state index contributed by atoms with van der Waals surface area (Å²) >= 11 is 0. The van der Waals surface area contributed by atoms with Crippen LogP contribution in [0, 0.1) is 0 Å². The van der Waals surface area contributed by atoms with E-state index in [0.29, 0.717) is 25.6 Å². The highest BCUT2D eigenvalue weighted by molar-refractivity contribution is 5.81. The summed E-state index contributed by atoms with van der Waals surface area (Å²) in [6.07, 6.45) is -0.539. The highest BCUT2D eigenvalue weighted by Gasteiger charge is 2.29. The topological polar surface area (TPSA) is 89.9 Å². The molecule has 0 saturated carbocycles. The average Bonchev–Trinajstić information content (AvgIpc) is 2.53. The van der Waals surface area contributed by atoms with Crippen molar-refractivity contribution in [3.05, 3.63) is 0 Å². The normalized spacial score (nSPS) is 18.3. The number of nitrogens with zero attached hydrogens (tertiary/aromatic N) is 5. The molecule has 1 saturated heterocycles. The molecule has 1 atom stereocenters. The molecule has 0 aliphatic carbocycles. The predicted octanol–water partition coefficient (Wildman–Crippen LogP) is -0.818. The first-order valence-electron chi connectivity index (χ1n) is 6.47. The molecule has 1 aliphatic heterocycles. The standard InChI is InChI=1S/C12H19N5O4/c1-16(2)9(18)8-7-17(5-6-21-8)10-13-11(19-3)15-12(14-10)20-4/h8H,5-7H2,1-4H3. The molecule has 0 N–H and O–H groups in total. The number of hydrogen-bond acceptors (Lipinski definition) is 8. The Morgan fingerprint density at radius 2 is 1.86 bits per heavy atom. The molecule has 0 aromatic carbocycles. The molecule has 1 unspecified atom stereocenters. The lowest BCUT2D eigenvalue weighted by Crippen LogP contribution is -2.50. The van der Waals surface area contributed by atoms with E-state index in [0.717, 1.165) is 0 Å². The van der Waals surface area contributed by atoms with Crippen molar-refractivity contribution in [1.29, 1.82) is 0 Å². The van der Waals surface area contributed by atoms with Crippen molar-refractivity contribution < 1.29 is 19.0 Å². The Balaban J connectivity index is 2.19. The fourth-order valence-electron chi connectivity index (χ4n) is 1.92. The van der Waals surface area contributed by atoms with Gasteiger partial charge in [0.15, 0.2) is 6.10 Å². The fourth-order valence-corrected chi connectivity index (χ4v) is 1.92. The van der Waals surface area contributed by atoms with Gasteiger partial charge in [-0.1, -0.05) is 0 Å². The van der Waals surface area contributed by atoms with E-state index in [2.05, 4.69) is 15.0 Å². The minimum Gasteiger partial charge on any atom is -0.467 e. The number of morpholine rings is 1. The highest BCUT2D eigenvalue weighted by atomic mass is 16.5. The Bertz CT molecular complexity index is 488. The van der Waals surface area contributed by atoms with Crippen LogP contribution in [0.1, 0.15) is 0 Å². The van der Waals surface area contributed by atoms with Gasteiger partial charge in [0.1, 0.15) is 0 Å². The third-order valence-electron chi connectivity index (χ3n) is 3.01. The number of carbonyl (C=O) groups excluding carboxylic acids is 1. The summed E-state index contributed by atoms with van der Waals surface area (Å²) in [5.41, 5.74) is 0. The minimum atomic E-state index is -0.539. The van der Waals surface area contributed by atoms with Gasteiger partial charge in [0.05, 0.1) is 27.4 Å². The quantitative estimate of drug-likeness (QED) is 0.712. The maximum Gasteiger partial charge on any atom is 0.324 e. The van der Waals surface area contributed by atoms with Crippen molar-refractivity contribution in [3.63, 3.8) is 0 Å². The zero-order valence-electron chi connectivity index (χ0n) is 12.6. The number of ether oxygens (including phenoxy) is 3. The van der Waals surface area contributed by atoms with Crippen LogP contribution in [0.25, 0.3) is 0 Å². The SMILES string of the molecule is COc1nc(OC)nc(N2CCOC(C(=O)N(C)C)C2)n1. The predicted molar refractivity (Wildman–Crippen MR) is 73.6 cm³/mol. The Hall–Kier alpha value is -2.16. The van der Waals surface area contributed by atoms with Crippen molar-refractivity contribution in [1.82, 2.24) is 19.9 Å². The molecule has 2 heterocycles. The fraction of sp³-hybridized carbons (Fsp3) is 0.667. The molecule has 116 valence electrons. The monoisotopic (exact) mass is 297 g/mol. The molecule has 1 aromatic heterocycles. The second kappa shape index (κ2) is 6.53. The maximum absolute atomic E-state index is 12.0. The van der Waals surface area contributed by atoms with E-state index in [4.69, 9.17) is 14.2 Å². The number of anilines is 1. The van der Waals surface area contributed by atoms with Crippen LogP contribution in [0.2, 0.25) is 0 Å². The van der Waals surface area contributed by atoms with E-state index in [-0.39, 0.29) is 17.9 Å². The van der Waals surface area contributed by atoms with E-state index >= 15 is 0 Å². The molecule has 0 radical (unpaired) electrons. The molecule has 1 amide bonds. The molecule has 2 rings (SSSR count). The lowest BCUT2D eigenvalue weighted by Gasteiger charge is -2.33. The number of hydrogen-bond donors (Lipinski definition) is 0. The Morgan fingerprint density at radius 3 is 2.38 bits per heavy atom. The van der Waals surface area contributed by atoms with Crippen LogP contribution in [0.5, 0.6) is 12.0 Å². The molecular weight excluding hydrogens is 278 g/mol. The highest BCUT2D eigenvalue weighted by Crippen LogP contribution is 2.18. The largest absolute Gasteiger partial charge is 0.467 e. The van der Waals surface area contributed by atoms with Gasteiger partial charge in [0.25, 0.3) is 5.91 Å². The lowest BCUT2D eigenvalue weighted by molar-refractivity contribution is -0.141. The first-order valence-corrected chi connectivity index (χ1v) is 6.47. The van der Waals surface area contributed by atoms with Gasteiger partial charge in [-0.2, -0.15) is 9.97 Å². The number of amides is 1. The van der Waals surface area contributed by atoms with Crippen molar-refractivity contribution in [2.45, 2.75) is 6.10 Å². The van der Waals surface area contributed by atoms with E-state index in [1.165, 1.54) is 19.1 Å². The summed E-state index contributed by atoms with van der Waals surface area (Å²) in [4.78, 5) is 27.7. The maximum atomic E-state index is 12.0. The molecule has 9 heteroatoms. The first-order chi connectivity index (χ1) is 10.0. The van der Waals surface area contributed by atoms with Crippen molar-refractivity contribution in [3.8, 4) is 12.0 Å². The van der Waals surface area contributed by atoms with Crippen LogP contribution in [-0.2, 0) is 9.53 Å². The van der Waals surface area contributed by atoms with Crippen LogP contribution in [0.3, 0.4) is 0 Å². The Labute approximate surface area is 122 Å². The molecule has 1 aliphatic rings. The molecule has 9 nitrogen and oxygen atoms in total. The molecule has 1 aromatic rings. The van der Waals surface area contributed by atoms with Crippen molar-refractivity contribution in [2.75, 3.05) is 52.9 Å². The van der Waals surface area contributed by atoms with Gasteiger partial charge in [-0.25, -0.2) is 0 Å². The zero-order valence-corrected chi connectivity index (χ0v) is 12.6. The van der Waals surface area contributed by atoms with Gasteiger partial charge in [0.2, 0.25) is 5.95 Å². The van der Waals surface area contributed by atoms with Crippen LogP contribution in [0.4, 0.5) is 5.95 Å². The minimum absolute atomic E-state index is 0.0901. The third kappa shape index (κ3) is 3.48. The summed E-state index contributed by atoms with van der Waals surface area (Å²) in [5.74, 6) is 0.311. The van der Waals surface area contributed by atoms with Gasteiger partial charge in [-0.05, 0) is 0 Å². The molecule has 0 spiro atoms. The van der Waals surface area contributed by atoms with E-state index in [9.17, 15) is 4.79 Å². The number of rotatable bonds is 4. The van der Waals surface area contributed by atoms with E-state index in [1.54, 1.807) is 14.1 Å². The molecular formula is C12H19N5O4. The summed E-state index contributed by atoms with van der Waals surface area (Å²) in [7, 11) is 6.33. The second-order valence-electron chi connectivity index (χ2n) is 4.65. The van der Waals surface area contributed by atoms with Gasteiger partial charge < -0.3 is 24.0 Å². The van der Waals surface area contributed by atoms with Crippen LogP contribution < -0.4 is 14.4 Å². The number of methoxy groups -OCH3 is 2. The number of carbonyl (C=O) groups is 1. The molecule has 21 heavy (non-hydrogen) atoms. The smallest absolute Gasteiger partial charge is 0.324 e. The van der Waals surface area contributed by atoms with Crippen molar-refractivity contribution in [2.24, 2.45) is 0 Å². The zero-order chi connectivity index (χ0) is 15.4. The van der Waals surface area contributed by atoms with Gasteiger partial charge in [-0.15, -0.1) is 4.98 Å². The second-order valence-corrected chi connectivity index (χ2v) is 4.65. The first kappa shape index (κ1) is 15.2. The van der Waals surface area contributed by atoms with Crippen LogP contribution in [-0.4, -0.2) is 79.9 Å². The van der Waals surface area contributed by atoms with Gasteiger partial charge in [0, 0.05) is 20.6 Å². The van der Waals surface area contributed by atoms with E-state index < -0.39 is 6.10 Å². The van der Waals surface area contributed by atoms with Crippen molar-refractivity contribution >= 4 is 11.9 Å². The van der Waals surface area contributed by atoms with E-state index in [1.807, 2.05) is 4.90 Å². The summed E-state index contributed by atoms with van der Waals surface area (Å²) in [6.45, 7) is 1.36. The Morgan fingerprint density at radius 1 is 1.24 bits per heavy atom. The molecule has 1 fully saturated rings. The van der Waals surface area contributed by atoms with Crippen LogP contribution in [0.15, 0.2) is 0 Å². The lowest BCUT2D eigenvalue weighted by atomic mass is 10.2. The molecule has 0 bridgehead atoms.